The number of aromatic nitrogens is 1. The van der Waals surface area contributed by atoms with Crippen molar-refractivity contribution in [3.8, 4) is 0 Å². The maximum Gasteiger partial charge on any atom is 0.226 e. The van der Waals surface area contributed by atoms with Crippen LogP contribution >= 0.6 is 0 Å². The average Bonchev–Trinajstić information content (AvgIpc) is 2.73. The van der Waals surface area contributed by atoms with Crippen LogP contribution in [-0.2, 0) is 11.3 Å². The quantitative estimate of drug-likeness (QED) is 0.784. The number of pyridine rings is 1. The molecule has 1 aromatic rings. The van der Waals surface area contributed by atoms with Crippen LogP contribution in [0.2, 0.25) is 0 Å². The minimum absolute atomic E-state index is 0.176. The molecule has 2 fully saturated rings. The lowest BCUT2D eigenvalue weighted by Crippen LogP contribution is -2.51. The summed E-state index contributed by atoms with van der Waals surface area (Å²) in [6.45, 7) is 7.05. The summed E-state index contributed by atoms with van der Waals surface area (Å²) >= 11 is 0. The second-order valence-corrected chi connectivity index (χ2v) is 8.06. The van der Waals surface area contributed by atoms with Crippen molar-refractivity contribution < 1.29 is 4.79 Å². The lowest BCUT2D eigenvalue weighted by molar-refractivity contribution is -0.136. The van der Waals surface area contributed by atoms with Crippen LogP contribution in [0.1, 0.15) is 31.2 Å². The van der Waals surface area contributed by atoms with E-state index < -0.39 is 0 Å². The molecule has 0 radical (unpaired) electrons. The third-order valence-corrected chi connectivity index (χ3v) is 6.10. The van der Waals surface area contributed by atoms with Crippen LogP contribution in [0.4, 0.5) is 0 Å². The van der Waals surface area contributed by atoms with Gasteiger partial charge in [-0.3, -0.25) is 19.6 Å². The van der Waals surface area contributed by atoms with Crippen LogP contribution in [0.3, 0.4) is 0 Å². The van der Waals surface area contributed by atoms with E-state index in [9.17, 15) is 4.79 Å². The second kappa shape index (κ2) is 10.2. The molecule has 1 unspecified atom stereocenters. The summed E-state index contributed by atoms with van der Waals surface area (Å²) in [4.78, 5) is 23.9. The number of nitrogens with one attached hydrogen (secondary N) is 1. The topological polar surface area (TPSA) is 51.7 Å². The fourth-order valence-corrected chi connectivity index (χ4v) is 4.43. The molecule has 2 aliphatic rings. The summed E-state index contributed by atoms with van der Waals surface area (Å²) in [6.07, 6.45) is 8.36. The molecule has 150 valence electrons. The van der Waals surface area contributed by atoms with Crippen molar-refractivity contribution >= 4 is 5.91 Å². The summed E-state index contributed by atoms with van der Waals surface area (Å²) in [6, 6.07) is 4.85. The lowest BCUT2D eigenvalue weighted by atomic mass is 9.93. The van der Waals surface area contributed by atoms with Crippen molar-refractivity contribution in [2.45, 2.75) is 38.3 Å². The molecular weight excluding hydrogens is 338 g/mol. The number of piperidine rings is 2. The Labute approximate surface area is 163 Å². The minimum Gasteiger partial charge on any atom is -0.344 e. The zero-order chi connectivity index (χ0) is 19.1. The van der Waals surface area contributed by atoms with Gasteiger partial charge < -0.3 is 10.2 Å². The van der Waals surface area contributed by atoms with Crippen LogP contribution in [0, 0.1) is 5.92 Å². The molecule has 6 nitrogen and oxygen atoms in total. The van der Waals surface area contributed by atoms with E-state index >= 15 is 0 Å². The number of carbonyl (C=O) groups is 1. The molecule has 3 rings (SSSR count). The molecule has 0 aromatic carbocycles. The van der Waals surface area contributed by atoms with Gasteiger partial charge in [0.05, 0.1) is 5.92 Å². The normalized spacial score (nSPS) is 22.7. The highest BCUT2D eigenvalue weighted by Gasteiger charge is 2.32. The monoisotopic (exact) mass is 373 g/mol. The molecule has 2 aliphatic heterocycles. The van der Waals surface area contributed by atoms with E-state index in [-0.39, 0.29) is 5.92 Å². The smallest absolute Gasteiger partial charge is 0.226 e. The van der Waals surface area contributed by atoms with Crippen LogP contribution in [0.5, 0.6) is 0 Å². The van der Waals surface area contributed by atoms with E-state index in [2.05, 4.69) is 32.2 Å². The highest BCUT2D eigenvalue weighted by atomic mass is 16.2. The van der Waals surface area contributed by atoms with E-state index in [1.165, 1.54) is 18.4 Å². The number of likely N-dealkylation sites (tertiary alicyclic amines) is 2. The molecule has 6 heteroatoms. The predicted octanol–water partition coefficient (Wildman–Crippen LogP) is 1.44. The van der Waals surface area contributed by atoms with E-state index in [0.717, 1.165) is 58.7 Å². The van der Waals surface area contributed by atoms with E-state index in [1.807, 2.05) is 31.4 Å². The van der Waals surface area contributed by atoms with Crippen LogP contribution in [0.25, 0.3) is 0 Å². The van der Waals surface area contributed by atoms with E-state index in [1.54, 1.807) is 0 Å². The summed E-state index contributed by atoms with van der Waals surface area (Å²) in [5, 5.41) is 3.13. The third kappa shape index (κ3) is 5.74. The van der Waals surface area contributed by atoms with Crippen molar-refractivity contribution in [3.05, 3.63) is 30.1 Å². The number of carbonyl (C=O) groups excluding carboxylic acids is 1. The molecule has 2 saturated heterocycles. The SMILES string of the molecule is CNCCN(C)C(=O)C1CCCN(C2CCN(Cc3ccncc3)CC2)C1. The maximum atomic E-state index is 12.7. The molecular formula is C21H35N5O. The molecule has 27 heavy (non-hydrogen) atoms. The number of hydrogen-bond acceptors (Lipinski definition) is 5. The Morgan fingerprint density at radius 3 is 2.67 bits per heavy atom. The first-order valence-electron chi connectivity index (χ1n) is 10.4. The van der Waals surface area contributed by atoms with Crippen molar-refractivity contribution in [1.29, 1.82) is 0 Å². The van der Waals surface area contributed by atoms with Crippen LogP contribution in [-0.4, -0.2) is 85.0 Å². The van der Waals surface area contributed by atoms with E-state index in [0.29, 0.717) is 11.9 Å². The Balaban J connectivity index is 1.46. The second-order valence-electron chi connectivity index (χ2n) is 8.06. The first-order chi connectivity index (χ1) is 13.2. The molecule has 0 aliphatic carbocycles. The van der Waals surface area contributed by atoms with Gasteiger partial charge in [0.15, 0.2) is 0 Å². The van der Waals surface area contributed by atoms with Gasteiger partial charge in [0.1, 0.15) is 0 Å². The lowest BCUT2D eigenvalue weighted by Gasteiger charge is -2.42. The highest BCUT2D eigenvalue weighted by Crippen LogP contribution is 2.25. The molecule has 1 atom stereocenters. The van der Waals surface area contributed by atoms with Gasteiger partial charge >= 0.3 is 0 Å². The largest absolute Gasteiger partial charge is 0.344 e. The zero-order valence-electron chi connectivity index (χ0n) is 16.9. The Morgan fingerprint density at radius 2 is 1.96 bits per heavy atom. The first-order valence-corrected chi connectivity index (χ1v) is 10.4. The van der Waals surface area contributed by atoms with Crippen LogP contribution < -0.4 is 5.32 Å². The Bertz CT molecular complexity index is 573. The maximum absolute atomic E-state index is 12.7. The first kappa shape index (κ1) is 20.2. The van der Waals surface area contributed by atoms with Crippen molar-refractivity contribution in [2.75, 3.05) is 53.4 Å². The van der Waals surface area contributed by atoms with Crippen molar-refractivity contribution in [1.82, 2.24) is 25.0 Å². The molecule has 1 amide bonds. The molecule has 1 aromatic heterocycles. The van der Waals surface area contributed by atoms with Gasteiger partial charge in [-0.05, 0) is 70.1 Å². The molecule has 3 heterocycles. The van der Waals surface area contributed by atoms with Gasteiger partial charge in [-0.15, -0.1) is 0 Å². The fraction of sp³-hybridized carbons (Fsp3) is 0.714. The van der Waals surface area contributed by atoms with Gasteiger partial charge in [-0.2, -0.15) is 0 Å². The van der Waals surface area contributed by atoms with E-state index in [4.69, 9.17) is 0 Å². The molecule has 1 N–H and O–H groups in total. The third-order valence-electron chi connectivity index (χ3n) is 6.10. The number of rotatable bonds is 7. The molecule has 0 bridgehead atoms. The highest BCUT2D eigenvalue weighted by molar-refractivity contribution is 5.78. The fourth-order valence-electron chi connectivity index (χ4n) is 4.43. The van der Waals surface area contributed by atoms with Crippen molar-refractivity contribution in [3.63, 3.8) is 0 Å². The van der Waals surface area contributed by atoms with Crippen LogP contribution in [0.15, 0.2) is 24.5 Å². The van der Waals surface area contributed by atoms with Gasteiger partial charge in [0.25, 0.3) is 0 Å². The average molecular weight is 374 g/mol. The number of hydrogen-bond donors (Lipinski definition) is 1. The van der Waals surface area contributed by atoms with Gasteiger partial charge in [0, 0.05) is 51.7 Å². The van der Waals surface area contributed by atoms with Gasteiger partial charge in [-0.1, -0.05) is 0 Å². The summed E-state index contributed by atoms with van der Waals surface area (Å²) in [7, 11) is 3.87. The number of amides is 1. The Kier molecular flexibility index (Phi) is 7.61. The number of likely N-dealkylation sites (N-methyl/N-ethyl adjacent to an activating group) is 2. The Morgan fingerprint density at radius 1 is 1.22 bits per heavy atom. The molecule has 0 spiro atoms. The number of nitrogens with zero attached hydrogens (tertiary/aromatic N) is 4. The zero-order valence-corrected chi connectivity index (χ0v) is 16.9. The summed E-state index contributed by atoms with van der Waals surface area (Å²) in [5.41, 5.74) is 1.34. The summed E-state index contributed by atoms with van der Waals surface area (Å²) in [5.74, 6) is 0.500. The predicted molar refractivity (Wildman–Crippen MR) is 108 cm³/mol. The summed E-state index contributed by atoms with van der Waals surface area (Å²) < 4.78 is 0. The van der Waals surface area contributed by atoms with Crippen molar-refractivity contribution in [2.24, 2.45) is 5.92 Å². The van der Waals surface area contributed by atoms with Gasteiger partial charge in [-0.25, -0.2) is 0 Å². The van der Waals surface area contributed by atoms with Gasteiger partial charge in [0.2, 0.25) is 5.91 Å². The minimum atomic E-state index is 0.176. The Hall–Kier alpha value is -1.50. The standard InChI is InChI=1S/C21H35N5O/c1-22-11-15-24(2)21(27)19-4-3-12-26(17-19)20-7-13-25(14-8-20)16-18-5-9-23-10-6-18/h5-6,9-10,19-20,22H,3-4,7-8,11-17H2,1-2H3. The molecule has 0 saturated carbocycles.